The van der Waals surface area contributed by atoms with Crippen molar-refractivity contribution in [3.63, 3.8) is 0 Å². The van der Waals surface area contributed by atoms with Gasteiger partial charge < -0.3 is 5.32 Å². The zero-order valence-electron chi connectivity index (χ0n) is 11.1. The van der Waals surface area contributed by atoms with Crippen molar-refractivity contribution in [3.05, 3.63) is 48.3 Å². The van der Waals surface area contributed by atoms with E-state index in [1.807, 2.05) is 30.3 Å². The molecule has 0 saturated carbocycles. The van der Waals surface area contributed by atoms with Crippen LogP contribution in [0.1, 0.15) is 24.6 Å². The molecule has 0 saturated heterocycles. The van der Waals surface area contributed by atoms with Crippen LogP contribution in [0.3, 0.4) is 0 Å². The molecule has 0 fully saturated rings. The van der Waals surface area contributed by atoms with Gasteiger partial charge in [0, 0.05) is 12.6 Å². The Hall–Kier alpha value is -1.82. The molecule has 0 aliphatic heterocycles. The van der Waals surface area contributed by atoms with E-state index in [2.05, 4.69) is 10.4 Å². The first-order valence-electron chi connectivity index (χ1n) is 6.34. The first-order chi connectivity index (χ1) is 9.49. The summed E-state index contributed by atoms with van der Waals surface area (Å²) in [7, 11) is 1.64. The summed E-state index contributed by atoms with van der Waals surface area (Å²) in [5, 5.41) is 7.22. The lowest BCUT2D eigenvalue weighted by molar-refractivity contribution is -0.136. The number of para-hydroxylation sites is 1. The highest BCUT2D eigenvalue weighted by atomic mass is 19.4. The third-order valence-electron chi connectivity index (χ3n) is 3.05. The molecule has 0 amide bonds. The summed E-state index contributed by atoms with van der Waals surface area (Å²) in [5.41, 5.74) is 1.49. The number of rotatable bonds is 5. The largest absolute Gasteiger partial charge is 0.389 e. The molecule has 1 atom stereocenters. The van der Waals surface area contributed by atoms with Crippen molar-refractivity contribution in [1.82, 2.24) is 15.1 Å². The monoisotopic (exact) mass is 283 g/mol. The molecule has 0 aliphatic carbocycles. The second-order valence-corrected chi connectivity index (χ2v) is 4.52. The molecule has 1 aromatic carbocycles. The highest BCUT2D eigenvalue weighted by molar-refractivity contribution is 5.30. The van der Waals surface area contributed by atoms with Crippen LogP contribution in [0.15, 0.2) is 42.6 Å². The molecule has 1 N–H and O–H groups in total. The van der Waals surface area contributed by atoms with Gasteiger partial charge in [0.05, 0.1) is 17.4 Å². The van der Waals surface area contributed by atoms with E-state index in [-0.39, 0.29) is 6.42 Å². The molecule has 2 aromatic rings. The van der Waals surface area contributed by atoms with Gasteiger partial charge in [0.2, 0.25) is 0 Å². The molecule has 3 nitrogen and oxygen atoms in total. The van der Waals surface area contributed by atoms with Gasteiger partial charge in [0.25, 0.3) is 0 Å². The SMILES string of the molecule is CNC(CCC(F)(F)F)c1ccn(-c2ccccc2)n1. The van der Waals surface area contributed by atoms with Crippen LogP contribution in [0.25, 0.3) is 5.69 Å². The fraction of sp³-hybridized carbons (Fsp3) is 0.357. The van der Waals surface area contributed by atoms with Crippen LogP contribution in [0.5, 0.6) is 0 Å². The predicted molar refractivity (Wildman–Crippen MR) is 70.7 cm³/mol. The Labute approximate surface area is 115 Å². The van der Waals surface area contributed by atoms with Crippen molar-refractivity contribution in [2.75, 3.05) is 7.05 Å². The molecule has 0 aliphatic rings. The van der Waals surface area contributed by atoms with Crippen LogP contribution in [0.4, 0.5) is 13.2 Å². The number of nitrogens with one attached hydrogen (secondary N) is 1. The zero-order valence-corrected chi connectivity index (χ0v) is 11.1. The van der Waals surface area contributed by atoms with Crippen LogP contribution in [0, 0.1) is 0 Å². The van der Waals surface area contributed by atoms with Gasteiger partial charge in [-0.3, -0.25) is 0 Å². The third-order valence-corrected chi connectivity index (χ3v) is 3.05. The molecule has 2 rings (SSSR count). The van der Waals surface area contributed by atoms with E-state index >= 15 is 0 Å². The standard InChI is InChI=1S/C14H16F3N3/c1-18-12(7-9-14(15,16)17)13-8-10-20(19-13)11-5-3-2-4-6-11/h2-6,8,10,12,18H,7,9H2,1H3. The van der Waals surface area contributed by atoms with E-state index in [4.69, 9.17) is 0 Å². The Bertz CT molecular complexity index is 534. The highest BCUT2D eigenvalue weighted by Crippen LogP contribution is 2.27. The van der Waals surface area contributed by atoms with Crippen LogP contribution in [-0.2, 0) is 0 Å². The van der Waals surface area contributed by atoms with Crippen LogP contribution >= 0.6 is 0 Å². The van der Waals surface area contributed by atoms with Crippen molar-refractivity contribution in [2.45, 2.75) is 25.1 Å². The topological polar surface area (TPSA) is 29.9 Å². The van der Waals surface area contributed by atoms with Gasteiger partial charge in [-0.2, -0.15) is 18.3 Å². The first-order valence-corrected chi connectivity index (χ1v) is 6.34. The lowest BCUT2D eigenvalue weighted by Crippen LogP contribution is -2.20. The summed E-state index contributed by atoms with van der Waals surface area (Å²) < 4.78 is 38.5. The maximum Gasteiger partial charge on any atom is 0.389 e. The minimum absolute atomic E-state index is 0.0220. The minimum Gasteiger partial charge on any atom is -0.312 e. The van der Waals surface area contributed by atoms with Crippen molar-refractivity contribution in [1.29, 1.82) is 0 Å². The van der Waals surface area contributed by atoms with E-state index in [0.29, 0.717) is 5.69 Å². The van der Waals surface area contributed by atoms with Gasteiger partial charge in [0.1, 0.15) is 0 Å². The summed E-state index contributed by atoms with van der Waals surface area (Å²) in [6.07, 6.45) is -3.23. The summed E-state index contributed by atoms with van der Waals surface area (Å²) in [6.45, 7) is 0. The van der Waals surface area contributed by atoms with E-state index in [1.54, 1.807) is 24.0 Å². The van der Waals surface area contributed by atoms with Gasteiger partial charge >= 0.3 is 6.18 Å². The summed E-state index contributed by atoms with van der Waals surface area (Å²) in [4.78, 5) is 0. The van der Waals surface area contributed by atoms with Gasteiger partial charge in [0.15, 0.2) is 0 Å². The summed E-state index contributed by atoms with van der Waals surface area (Å²) >= 11 is 0. The Morgan fingerprint density at radius 3 is 2.50 bits per heavy atom. The number of hydrogen-bond donors (Lipinski definition) is 1. The number of aromatic nitrogens is 2. The molecule has 108 valence electrons. The van der Waals surface area contributed by atoms with E-state index in [9.17, 15) is 13.2 Å². The van der Waals surface area contributed by atoms with Crippen molar-refractivity contribution >= 4 is 0 Å². The molecule has 0 spiro atoms. The predicted octanol–water partition coefficient (Wildman–Crippen LogP) is 3.48. The second-order valence-electron chi connectivity index (χ2n) is 4.52. The van der Waals surface area contributed by atoms with Crippen molar-refractivity contribution in [3.8, 4) is 5.69 Å². The highest BCUT2D eigenvalue weighted by Gasteiger charge is 2.28. The zero-order chi connectivity index (χ0) is 14.6. The number of hydrogen-bond acceptors (Lipinski definition) is 2. The number of nitrogens with zero attached hydrogens (tertiary/aromatic N) is 2. The van der Waals surface area contributed by atoms with Gasteiger partial charge in [-0.25, -0.2) is 4.68 Å². The molecule has 0 radical (unpaired) electrons. The molecule has 1 unspecified atom stereocenters. The average Bonchev–Trinajstić information content (AvgIpc) is 2.89. The maximum absolute atomic E-state index is 12.3. The number of benzene rings is 1. The van der Waals surface area contributed by atoms with Crippen molar-refractivity contribution < 1.29 is 13.2 Å². The smallest absolute Gasteiger partial charge is 0.312 e. The Morgan fingerprint density at radius 2 is 1.90 bits per heavy atom. The lowest BCUT2D eigenvalue weighted by atomic mass is 10.1. The number of halogens is 3. The normalized spacial score (nSPS) is 13.4. The van der Waals surface area contributed by atoms with E-state index in [0.717, 1.165) is 5.69 Å². The van der Waals surface area contributed by atoms with E-state index < -0.39 is 18.6 Å². The average molecular weight is 283 g/mol. The molecular formula is C14H16F3N3. The summed E-state index contributed by atoms with van der Waals surface area (Å²) in [6, 6.07) is 10.8. The Balaban J connectivity index is 2.10. The lowest BCUT2D eigenvalue weighted by Gasteiger charge is -2.15. The Morgan fingerprint density at radius 1 is 1.20 bits per heavy atom. The summed E-state index contributed by atoms with van der Waals surface area (Å²) in [5.74, 6) is 0. The van der Waals surface area contributed by atoms with E-state index in [1.165, 1.54) is 0 Å². The van der Waals surface area contributed by atoms with Crippen LogP contribution in [0.2, 0.25) is 0 Å². The fourth-order valence-electron chi connectivity index (χ4n) is 2.00. The van der Waals surface area contributed by atoms with Crippen LogP contribution in [-0.4, -0.2) is 23.0 Å². The van der Waals surface area contributed by atoms with Gasteiger partial charge in [-0.15, -0.1) is 0 Å². The van der Waals surface area contributed by atoms with Gasteiger partial charge in [-0.05, 0) is 31.7 Å². The third kappa shape index (κ3) is 3.84. The Kier molecular flexibility index (Phi) is 4.44. The first kappa shape index (κ1) is 14.6. The van der Waals surface area contributed by atoms with Crippen molar-refractivity contribution in [2.24, 2.45) is 0 Å². The fourth-order valence-corrected chi connectivity index (χ4v) is 2.00. The number of alkyl halides is 3. The molecule has 1 heterocycles. The molecule has 1 aromatic heterocycles. The minimum atomic E-state index is -4.14. The molecule has 20 heavy (non-hydrogen) atoms. The quantitative estimate of drug-likeness (QED) is 0.910. The molecule has 6 heteroatoms. The van der Waals surface area contributed by atoms with Crippen LogP contribution < -0.4 is 5.32 Å². The van der Waals surface area contributed by atoms with Gasteiger partial charge in [-0.1, -0.05) is 18.2 Å². The maximum atomic E-state index is 12.3. The second kappa shape index (κ2) is 6.09. The molecular weight excluding hydrogens is 267 g/mol. The molecule has 0 bridgehead atoms.